The van der Waals surface area contributed by atoms with Crippen LogP contribution in [0.2, 0.25) is 0 Å². The van der Waals surface area contributed by atoms with Gasteiger partial charge in [-0.2, -0.15) is 13.2 Å². The van der Waals surface area contributed by atoms with Crippen LogP contribution in [-0.4, -0.2) is 28.4 Å². The Labute approximate surface area is 126 Å². The Morgan fingerprint density at radius 2 is 1.74 bits per heavy atom. The SMILES string of the molecule is O=C(O)c1ccc(OCC(F)(F)F)n(-c2ccc(F)cc2)c1=O. The van der Waals surface area contributed by atoms with E-state index in [9.17, 15) is 27.2 Å². The van der Waals surface area contributed by atoms with Crippen LogP contribution >= 0.6 is 0 Å². The minimum Gasteiger partial charge on any atom is -0.477 e. The van der Waals surface area contributed by atoms with Crippen molar-refractivity contribution < 1.29 is 32.2 Å². The van der Waals surface area contributed by atoms with Crippen LogP contribution in [0.5, 0.6) is 5.88 Å². The molecule has 0 spiro atoms. The van der Waals surface area contributed by atoms with Crippen molar-refractivity contribution >= 4 is 5.97 Å². The van der Waals surface area contributed by atoms with E-state index < -0.39 is 41.6 Å². The number of aromatic nitrogens is 1. The van der Waals surface area contributed by atoms with E-state index >= 15 is 0 Å². The monoisotopic (exact) mass is 331 g/mol. The van der Waals surface area contributed by atoms with Gasteiger partial charge in [0.2, 0.25) is 5.88 Å². The van der Waals surface area contributed by atoms with Crippen LogP contribution in [0.1, 0.15) is 10.4 Å². The second-order valence-corrected chi connectivity index (χ2v) is 4.41. The van der Waals surface area contributed by atoms with E-state index in [4.69, 9.17) is 5.11 Å². The molecule has 0 aliphatic rings. The standard InChI is InChI=1S/C14H9F4NO4/c15-8-1-3-9(4-2-8)19-11(23-7-14(16,17)18)6-5-10(12(19)20)13(21)22/h1-6H,7H2,(H,21,22). The van der Waals surface area contributed by atoms with Gasteiger partial charge in [-0.25, -0.2) is 13.8 Å². The Kier molecular flexibility index (Phi) is 4.39. The third-order valence-corrected chi connectivity index (χ3v) is 2.75. The topological polar surface area (TPSA) is 68.5 Å². The van der Waals surface area contributed by atoms with Crippen LogP contribution < -0.4 is 10.3 Å². The molecule has 2 rings (SSSR count). The molecule has 9 heteroatoms. The molecule has 0 fully saturated rings. The molecule has 0 bridgehead atoms. The fourth-order valence-corrected chi connectivity index (χ4v) is 1.79. The second kappa shape index (κ2) is 6.11. The number of nitrogens with zero attached hydrogens (tertiary/aromatic N) is 1. The van der Waals surface area contributed by atoms with Gasteiger partial charge in [0.05, 0.1) is 5.69 Å². The van der Waals surface area contributed by atoms with E-state index in [-0.39, 0.29) is 5.69 Å². The fourth-order valence-electron chi connectivity index (χ4n) is 1.79. The van der Waals surface area contributed by atoms with Crippen molar-refractivity contribution in [3.05, 3.63) is 58.1 Å². The Morgan fingerprint density at radius 1 is 1.13 bits per heavy atom. The van der Waals surface area contributed by atoms with Crippen molar-refractivity contribution in [2.75, 3.05) is 6.61 Å². The number of benzene rings is 1. The molecule has 23 heavy (non-hydrogen) atoms. The molecule has 0 saturated carbocycles. The number of ether oxygens (including phenoxy) is 1. The summed E-state index contributed by atoms with van der Waals surface area (Å²) in [7, 11) is 0. The molecular weight excluding hydrogens is 322 g/mol. The zero-order valence-electron chi connectivity index (χ0n) is 11.3. The van der Waals surface area contributed by atoms with Gasteiger partial charge in [0, 0.05) is 0 Å². The molecular formula is C14H9F4NO4. The first-order valence-corrected chi connectivity index (χ1v) is 6.14. The molecule has 1 aromatic carbocycles. The van der Waals surface area contributed by atoms with Crippen LogP contribution in [0.15, 0.2) is 41.2 Å². The highest BCUT2D eigenvalue weighted by Gasteiger charge is 2.29. The molecule has 0 atom stereocenters. The van der Waals surface area contributed by atoms with Crippen LogP contribution in [0, 0.1) is 5.82 Å². The maximum Gasteiger partial charge on any atom is 0.422 e. The van der Waals surface area contributed by atoms with Crippen LogP contribution in [0.3, 0.4) is 0 Å². The Balaban J connectivity index is 2.58. The third-order valence-electron chi connectivity index (χ3n) is 2.75. The average Bonchev–Trinajstić information content (AvgIpc) is 2.45. The van der Waals surface area contributed by atoms with E-state index in [2.05, 4.69) is 4.74 Å². The molecule has 1 aromatic heterocycles. The quantitative estimate of drug-likeness (QED) is 0.875. The Bertz CT molecular complexity index is 781. The maximum absolute atomic E-state index is 13.0. The van der Waals surface area contributed by atoms with Crippen LogP contribution in [-0.2, 0) is 0 Å². The van der Waals surface area contributed by atoms with Crippen molar-refractivity contribution in [3.8, 4) is 11.6 Å². The first-order chi connectivity index (χ1) is 10.7. The third kappa shape index (κ3) is 3.87. The normalized spacial score (nSPS) is 11.3. The van der Waals surface area contributed by atoms with Gasteiger partial charge < -0.3 is 9.84 Å². The first-order valence-electron chi connectivity index (χ1n) is 6.14. The molecule has 0 unspecified atom stereocenters. The smallest absolute Gasteiger partial charge is 0.422 e. The summed E-state index contributed by atoms with van der Waals surface area (Å²) < 4.78 is 55.0. The van der Waals surface area contributed by atoms with E-state index in [0.29, 0.717) is 4.57 Å². The average molecular weight is 331 g/mol. The number of hydrogen-bond donors (Lipinski definition) is 1. The van der Waals surface area contributed by atoms with E-state index in [1.165, 1.54) is 0 Å². The van der Waals surface area contributed by atoms with Crippen molar-refractivity contribution in [2.24, 2.45) is 0 Å². The number of carboxylic acids is 1. The van der Waals surface area contributed by atoms with E-state index in [1.54, 1.807) is 0 Å². The summed E-state index contributed by atoms with van der Waals surface area (Å²) >= 11 is 0. The highest BCUT2D eigenvalue weighted by atomic mass is 19.4. The van der Waals surface area contributed by atoms with Gasteiger partial charge in [0.15, 0.2) is 6.61 Å². The number of rotatable bonds is 4. The molecule has 2 aromatic rings. The Morgan fingerprint density at radius 3 is 2.26 bits per heavy atom. The van der Waals surface area contributed by atoms with Gasteiger partial charge in [0.25, 0.3) is 5.56 Å². The molecule has 1 heterocycles. The van der Waals surface area contributed by atoms with E-state index in [1.807, 2.05) is 0 Å². The summed E-state index contributed by atoms with van der Waals surface area (Å²) in [5.74, 6) is -2.69. The van der Waals surface area contributed by atoms with Gasteiger partial charge in [-0.1, -0.05) is 0 Å². The van der Waals surface area contributed by atoms with Crippen molar-refractivity contribution in [2.45, 2.75) is 6.18 Å². The predicted molar refractivity (Wildman–Crippen MR) is 70.5 cm³/mol. The molecule has 5 nitrogen and oxygen atoms in total. The molecule has 0 saturated heterocycles. The van der Waals surface area contributed by atoms with E-state index in [0.717, 1.165) is 36.4 Å². The number of carbonyl (C=O) groups is 1. The van der Waals surface area contributed by atoms with Gasteiger partial charge in [0.1, 0.15) is 11.4 Å². The number of hydrogen-bond acceptors (Lipinski definition) is 3. The van der Waals surface area contributed by atoms with Crippen molar-refractivity contribution in [3.63, 3.8) is 0 Å². The molecule has 1 N–H and O–H groups in total. The van der Waals surface area contributed by atoms with Gasteiger partial charge in [-0.15, -0.1) is 0 Å². The lowest BCUT2D eigenvalue weighted by molar-refractivity contribution is -0.154. The summed E-state index contributed by atoms with van der Waals surface area (Å²) in [4.78, 5) is 23.2. The fraction of sp³-hybridized carbons (Fsp3) is 0.143. The number of halogens is 4. The number of aromatic carboxylic acids is 1. The first kappa shape index (κ1) is 16.5. The molecule has 122 valence electrons. The minimum absolute atomic E-state index is 0.0309. The van der Waals surface area contributed by atoms with Gasteiger partial charge >= 0.3 is 12.1 Å². The van der Waals surface area contributed by atoms with Crippen LogP contribution in [0.25, 0.3) is 5.69 Å². The molecule has 0 radical (unpaired) electrons. The summed E-state index contributed by atoms with van der Waals surface area (Å²) in [5.41, 5.74) is -1.78. The summed E-state index contributed by atoms with van der Waals surface area (Å²) in [5, 5.41) is 8.94. The number of pyridine rings is 1. The summed E-state index contributed by atoms with van der Waals surface area (Å²) in [6.45, 7) is -1.67. The summed E-state index contributed by atoms with van der Waals surface area (Å²) in [6.07, 6.45) is -4.64. The lowest BCUT2D eigenvalue weighted by atomic mass is 10.2. The second-order valence-electron chi connectivity index (χ2n) is 4.41. The predicted octanol–water partition coefficient (Wildman–Crippen LogP) is 2.62. The van der Waals surface area contributed by atoms with Crippen LogP contribution in [0.4, 0.5) is 17.6 Å². The lowest BCUT2D eigenvalue weighted by Gasteiger charge is -2.15. The zero-order valence-corrected chi connectivity index (χ0v) is 11.3. The number of carboxylic acid groups (broad SMARTS) is 1. The largest absolute Gasteiger partial charge is 0.477 e. The lowest BCUT2D eigenvalue weighted by Crippen LogP contribution is -2.28. The van der Waals surface area contributed by atoms with Gasteiger partial charge in [-0.3, -0.25) is 4.79 Å². The van der Waals surface area contributed by atoms with Gasteiger partial charge in [-0.05, 0) is 36.4 Å². The molecule has 0 aliphatic heterocycles. The molecule has 0 amide bonds. The maximum atomic E-state index is 13.0. The summed E-state index contributed by atoms with van der Waals surface area (Å²) in [6, 6.07) is 5.95. The van der Waals surface area contributed by atoms with Crippen molar-refractivity contribution in [1.82, 2.24) is 4.57 Å². The number of alkyl halides is 3. The molecule has 0 aliphatic carbocycles. The highest BCUT2D eigenvalue weighted by Crippen LogP contribution is 2.21. The Hall–Kier alpha value is -2.84. The minimum atomic E-state index is -4.64. The highest BCUT2D eigenvalue weighted by molar-refractivity contribution is 5.87. The zero-order chi connectivity index (χ0) is 17.2. The van der Waals surface area contributed by atoms with Crippen molar-refractivity contribution in [1.29, 1.82) is 0 Å².